The predicted octanol–water partition coefficient (Wildman–Crippen LogP) is 2.88. The lowest BCUT2D eigenvalue weighted by Crippen LogP contribution is -2.68. The van der Waals surface area contributed by atoms with E-state index >= 15 is 0 Å². The quantitative estimate of drug-likeness (QED) is 0.682. The summed E-state index contributed by atoms with van der Waals surface area (Å²) in [5, 5.41) is 20.3. The van der Waals surface area contributed by atoms with Crippen LogP contribution in [0.2, 0.25) is 5.04 Å². The molecule has 144 valence electrons. The van der Waals surface area contributed by atoms with E-state index in [0.29, 0.717) is 0 Å². The number of hydrogen-bond acceptors (Lipinski definition) is 3. The molecule has 0 aliphatic heterocycles. The Bertz CT molecular complexity index is 729. The van der Waals surface area contributed by atoms with Gasteiger partial charge in [0.25, 0.3) is 8.32 Å². The van der Waals surface area contributed by atoms with Crippen LogP contribution in [0.25, 0.3) is 0 Å². The van der Waals surface area contributed by atoms with Crippen molar-refractivity contribution in [3.63, 3.8) is 0 Å². The van der Waals surface area contributed by atoms with Crippen LogP contribution in [0.1, 0.15) is 33.6 Å². The van der Waals surface area contributed by atoms with Crippen molar-refractivity contribution in [2.45, 2.75) is 44.8 Å². The maximum atomic E-state index is 11.9. The Balaban J connectivity index is 2.64. The molecule has 2 aromatic rings. The smallest absolute Gasteiger partial charge is 0.331 e. The maximum Gasteiger partial charge on any atom is 0.331 e. The zero-order valence-corrected chi connectivity index (χ0v) is 16.9. The van der Waals surface area contributed by atoms with Gasteiger partial charge in [0.2, 0.25) is 0 Å². The highest BCUT2D eigenvalue weighted by Gasteiger charge is 2.52. The minimum Gasteiger partial charge on any atom is -0.481 e. The van der Waals surface area contributed by atoms with E-state index in [1.54, 1.807) is 0 Å². The average molecular weight is 387 g/mol. The minimum atomic E-state index is -3.02. The molecule has 5 nitrogen and oxygen atoms in total. The van der Waals surface area contributed by atoms with Gasteiger partial charge in [-0.15, -0.1) is 0 Å². The largest absolute Gasteiger partial charge is 0.481 e. The Labute approximate surface area is 160 Å². The monoisotopic (exact) mass is 386 g/mol. The van der Waals surface area contributed by atoms with Crippen LogP contribution < -0.4 is 10.4 Å². The molecule has 0 bridgehead atoms. The Morgan fingerprint density at radius 2 is 1.37 bits per heavy atom. The summed E-state index contributed by atoms with van der Waals surface area (Å²) in [5.41, 5.74) is 0. The van der Waals surface area contributed by atoms with Crippen LogP contribution in [0.5, 0.6) is 0 Å². The van der Waals surface area contributed by atoms with Crippen molar-refractivity contribution in [2.75, 3.05) is 0 Å². The summed E-state index contributed by atoms with van der Waals surface area (Å²) in [4.78, 5) is 22.9. The van der Waals surface area contributed by atoms with Crippen molar-refractivity contribution in [3.8, 4) is 0 Å². The molecule has 0 radical (unpaired) electrons. The fraction of sp³-hybridized carbons (Fsp3) is 0.333. The van der Waals surface area contributed by atoms with Gasteiger partial charge in [0.15, 0.2) is 0 Å². The molecule has 27 heavy (non-hydrogen) atoms. The van der Waals surface area contributed by atoms with Crippen LogP contribution >= 0.6 is 0 Å². The van der Waals surface area contributed by atoms with E-state index in [0.717, 1.165) is 10.4 Å². The highest BCUT2D eigenvalue weighted by atomic mass is 28.4. The lowest BCUT2D eigenvalue weighted by Gasteiger charge is -2.44. The van der Waals surface area contributed by atoms with E-state index in [1.807, 2.05) is 60.7 Å². The molecule has 2 N–H and O–H groups in total. The summed E-state index contributed by atoms with van der Waals surface area (Å²) in [6, 6.07) is 19.4. The summed E-state index contributed by atoms with van der Waals surface area (Å²) in [7, 11) is -3.02. The summed E-state index contributed by atoms with van der Waals surface area (Å²) >= 11 is 0. The maximum absolute atomic E-state index is 11.9. The van der Waals surface area contributed by atoms with E-state index in [1.165, 1.54) is 0 Å². The van der Waals surface area contributed by atoms with Gasteiger partial charge >= 0.3 is 11.9 Å². The van der Waals surface area contributed by atoms with Gasteiger partial charge < -0.3 is 14.6 Å². The van der Waals surface area contributed by atoms with Crippen LogP contribution in [-0.2, 0) is 14.0 Å². The van der Waals surface area contributed by atoms with Crippen molar-refractivity contribution in [1.29, 1.82) is 0 Å². The van der Waals surface area contributed by atoms with Crippen LogP contribution in [0.15, 0.2) is 60.7 Å². The topological polar surface area (TPSA) is 83.8 Å². The van der Waals surface area contributed by atoms with Crippen LogP contribution in [-0.4, -0.2) is 36.6 Å². The van der Waals surface area contributed by atoms with Crippen molar-refractivity contribution in [1.82, 2.24) is 0 Å². The fourth-order valence-corrected chi connectivity index (χ4v) is 8.05. The second kappa shape index (κ2) is 8.50. The highest BCUT2D eigenvalue weighted by molar-refractivity contribution is 6.99. The summed E-state index contributed by atoms with van der Waals surface area (Å²) in [5.74, 6) is -2.17. The van der Waals surface area contributed by atoms with Gasteiger partial charge in [-0.05, 0) is 21.8 Å². The van der Waals surface area contributed by atoms with E-state index in [-0.39, 0.29) is 17.9 Å². The molecule has 2 aromatic carbocycles. The molecule has 0 aliphatic carbocycles. The zero-order chi connectivity index (χ0) is 20.1. The Kier molecular flexibility index (Phi) is 6.57. The van der Waals surface area contributed by atoms with Gasteiger partial charge in [-0.25, -0.2) is 4.79 Å². The number of rotatable bonds is 8. The second-order valence-electron chi connectivity index (χ2n) is 7.54. The molecule has 1 unspecified atom stereocenters. The molecule has 0 aliphatic rings. The van der Waals surface area contributed by atoms with Crippen molar-refractivity contribution < 1.29 is 24.2 Å². The first-order valence-corrected chi connectivity index (χ1v) is 10.8. The number of aliphatic carboxylic acids is 2. The molecule has 2 rings (SSSR count). The molecular formula is C21H26O5Si. The van der Waals surface area contributed by atoms with Gasteiger partial charge in [0.05, 0.1) is 0 Å². The SMILES string of the molecule is CC(C)(C)[Si](OC(CCC(=O)O)C(=O)O)(c1ccccc1)c1ccccc1. The van der Waals surface area contributed by atoms with E-state index in [2.05, 4.69) is 20.8 Å². The van der Waals surface area contributed by atoms with Crippen LogP contribution in [0, 0.1) is 0 Å². The third-order valence-corrected chi connectivity index (χ3v) is 9.67. The summed E-state index contributed by atoms with van der Waals surface area (Å²) < 4.78 is 6.46. The van der Waals surface area contributed by atoms with Crippen LogP contribution in [0.4, 0.5) is 0 Å². The first-order chi connectivity index (χ1) is 12.7. The molecule has 0 amide bonds. The van der Waals surface area contributed by atoms with Gasteiger partial charge in [-0.1, -0.05) is 81.4 Å². The van der Waals surface area contributed by atoms with Crippen molar-refractivity contribution in [2.24, 2.45) is 0 Å². The highest BCUT2D eigenvalue weighted by Crippen LogP contribution is 2.37. The van der Waals surface area contributed by atoms with E-state index in [9.17, 15) is 14.7 Å². The van der Waals surface area contributed by atoms with E-state index < -0.39 is 26.4 Å². The van der Waals surface area contributed by atoms with Crippen molar-refractivity contribution in [3.05, 3.63) is 60.7 Å². The number of carboxylic acid groups (broad SMARTS) is 2. The van der Waals surface area contributed by atoms with E-state index in [4.69, 9.17) is 9.53 Å². The lowest BCUT2D eigenvalue weighted by atomic mass is 10.2. The average Bonchev–Trinajstić information content (AvgIpc) is 2.62. The second-order valence-corrected chi connectivity index (χ2v) is 11.8. The van der Waals surface area contributed by atoms with Gasteiger partial charge in [0, 0.05) is 6.42 Å². The fourth-order valence-electron chi connectivity index (χ4n) is 3.39. The number of benzene rings is 2. The predicted molar refractivity (Wildman–Crippen MR) is 107 cm³/mol. The third-order valence-electron chi connectivity index (χ3n) is 4.63. The zero-order valence-electron chi connectivity index (χ0n) is 15.9. The van der Waals surface area contributed by atoms with Gasteiger partial charge in [-0.3, -0.25) is 4.79 Å². The third kappa shape index (κ3) is 4.64. The Morgan fingerprint density at radius 1 is 0.926 bits per heavy atom. The number of hydrogen-bond donors (Lipinski definition) is 2. The number of carbonyl (C=O) groups is 2. The summed E-state index contributed by atoms with van der Waals surface area (Å²) in [6.07, 6.45) is -1.52. The molecule has 0 aromatic heterocycles. The molecule has 6 heteroatoms. The van der Waals surface area contributed by atoms with Gasteiger partial charge in [-0.2, -0.15) is 0 Å². The molecule has 0 saturated carbocycles. The van der Waals surface area contributed by atoms with Gasteiger partial charge in [0.1, 0.15) is 6.10 Å². The molecule has 0 heterocycles. The Hall–Kier alpha value is -2.44. The normalized spacial score (nSPS) is 13.1. The first kappa shape index (κ1) is 20.9. The standard InChI is InChI=1S/C21H26O5Si/c1-21(2,3)27(16-10-6-4-7-11-16,17-12-8-5-9-13-17)26-18(20(24)25)14-15-19(22)23/h4-13,18H,14-15H2,1-3H3,(H,22,23)(H,24,25). The molecule has 0 fully saturated rings. The summed E-state index contributed by atoms with van der Waals surface area (Å²) in [6.45, 7) is 6.15. The van der Waals surface area contributed by atoms with Crippen molar-refractivity contribution >= 4 is 30.6 Å². The lowest BCUT2D eigenvalue weighted by molar-refractivity contribution is -0.146. The molecule has 1 atom stereocenters. The Morgan fingerprint density at radius 3 is 1.70 bits per heavy atom. The molecule has 0 spiro atoms. The molecule has 0 saturated heterocycles. The minimum absolute atomic E-state index is 0.0742. The first-order valence-electron chi connectivity index (χ1n) is 8.92. The number of carboxylic acids is 2. The van der Waals surface area contributed by atoms with Crippen LogP contribution in [0.3, 0.4) is 0 Å². The molecular weight excluding hydrogens is 360 g/mol.